The molecule has 3 aromatic rings. The van der Waals surface area contributed by atoms with Crippen molar-refractivity contribution < 1.29 is 0 Å². The van der Waals surface area contributed by atoms with Crippen LogP contribution in [0.2, 0.25) is 0 Å². The Balaban J connectivity index is 2.17. The monoisotopic (exact) mass is 275 g/mol. The first-order valence-corrected chi connectivity index (χ1v) is 7.04. The molecular weight excluding hydrogens is 263 g/mol. The minimum absolute atomic E-state index is 0.660. The van der Waals surface area contributed by atoms with E-state index in [0.29, 0.717) is 5.56 Å². The molecule has 0 saturated carbocycles. The highest BCUT2D eigenvalue weighted by Gasteiger charge is 2.19. The smallest absolute Gasteiger partial charge is 0.0704 e. The van der Waals surface area contributed by atoms with Crippen molar-refractivity contribution in [3.63, 3.8) is 0 Å². The van der Waals surface area contributed by atoms with Gasteiger partial charge in [0.25, 0.3) is 0 Å². The second-order valence-corrected chi connectivity index (χ2v) is 5.28. The summed E-state index contributed by atoms with van der Waals surface area (Å²) in [5.74, 6) is 0. The van der Waals surface area contributed by atoms with Gasteiger partial charge in [0.1, 0.15) is 0 Å². The third-order valence-electron chi connectivity index (χ3n) is 3.52. The summed E-state index contributed by atoms with van der Waals surface area (Å²) in [5.41, 5.74) is 4.27. The van der Waals surface area contributed by atoms with Crippen molar-refractivity contribution in [1.82, 2.24) is 4.98 Å². The van der Waals surface area contributed by atoms with Crippen LogP contribution in [0.4, 0.5) is 0 Å². The normalized spacial score (nSPS) is 11.3. The molecular formula is C18H12B3N. The van der Waals surface area contributed by atoms with Gasteiger partial charge >= 0.3 is 0 Å². The van der Waals surface area contributed by atoms with Crippen molar-refractivity contribution in [2.75, 3.05) is 0 Å². The maximum absolute atomic E-state index is 5.97. The molecule has 0 fully saturated rings. The van der Waals surface area contributed by atoms with E-state index in [-0.39, 0.29) is 0 Å². The molecule has 1 nitrogen and oxygen atoms in total. The van der Waals surface area contributed by atoms with Crippen molar-refractivity contribution in [1.29, 1.82) is 0 Å². The van der Waals surface area contributed by atoms with Crippen LogP contribution >= 0.6 is 0 Å². The van der Waals surface area contributed by atoms with Crippen molar-refractivity contribution in [3.8, 4) is 22.4 Å². The van der Waals surface area contributed by atoms with Crippen LogP contribution in [0.25, 0.3) is 22.4 Å². The Labute approximate surface area is 135 Å². The summed E-state index contributed by atoms with van der Waals surface area (Å²) in [7, 11) is 17.9. The quantitative estimate of drug-likeness (QED) is 0.669. The topological polar surface area (TPSA) is 12.9 Å². The predicted molar refractivity (Wildman–Crippen MR) is 94.0 cm³/mol. The third kappa shape index (κ3) is 3.01. The zero-order valence-corrected chi connectivity index (χ0v) is 12.1. The molecule has 0 atom stereocenters. The SMILES string of the molecule is [B]C([B])([B])c1cc(-c2ccccc2)ncc1-c1ccccc1. The predicted octanol–water partition coefficient (Wildman–Crippen LogP) is 3.03. The number of rotatable bonds is 3. The molecule has 22 heavy (non-hydrogen) atoms. The lowest BCUT2D eigenvalue weighted by atomic mass is 9.39. The second-order valence-electron chi connectivity index (χ2n) is 5.28. The highest BCUT2D eigenvalue weighted by Crippen LogP contribution is 2.31. The lowest BCUT2D eigenvalue weighted by Crippen LogP contribution is -2.28. The summed E-state index contributed by atoms with van der Waals surface area (Å²) in [6, 6.07) is 21.5. The molecule has 0 unspecified atom stereocenters. The minimum atomic E-state index is -1.43. The Kier molecular flexibility index (Phi) is 3.93. The van der Waals surface area contributed by atoms with E-state index < -0.39 is 5.11 Å². The largest absolute Gasteiger partial charge is 0.256 e. The number of pyridine rings is 1. The standard InChI is InChI=1S/C18H12B3N/c19-18(20,21)16-11-17(14-9-5-2-6-10-14)22-12-15(16)13-7-3-1-4-8-13/h1-12H. The molecule has 1 heterocycles. The van der Waals surface area contributed by atoms with Gasteiger partial charge in [-0.1, -0.05) is 66.2 Å². The molecule has 98 valence electrons. The van der Waals surface area contributed by atoms with E-state index in [1.165, 1.54) is 0 Å². The lowest BCUT2D eigenvalue weighted by molar-refractivity contribution is 1.19. The summed E-state index contributed by atoms with van der Waals surface area (Å²) >= 11 is 0. The number of aromatic nitrogens is 1. The maximum atomic E-state index is 5.97. The van der Waals surface area contributed by atoms with E-state index in [1.807, 2.05) is 66.7 Å². The van der Waals surface area contributed by atoms with Crippen LogP contribution in [0, 0.1) is 0 Å². The van der Waals surface area contributed by atoms with E-state index in [4.69, 9.17) is 23.5 Å². The average Bonchev–Trinajstić information content (AvgIpc) is 2.55. The fourth-order valence-electron chi connectivity index (χ4n) is 2.43. The molecule has 6 radical (unpaired) electrons. The van der Waals surface area contributed by atoms with Gasteiger partial charge in [-0.2, -0.15) is 0 Å². The zero-order chi connectivity index (χ0) is 15.6. The van der Waals surface area contributed by atoms with Gasteiger partial charge in [0.15, 0.2) is 0 Å². The van der Waals surface area contributed by atoms with Gasteiger partial charge in [-0.25, -0.2) is 0 Å². The number of hydrogen-bond acceptors (Lipinski definition) is 1. The van der Waals surface area contributed by atoms with Gasteiger partial charge < -0.3 is 0 Å². The van der Waals surface area contributed by atoms with Gasteiger partial charge in [-0.15, -0.1) is 5.11 Å². The molecule has 3 rings (SSSR count). The van der Waals surface area contributed by atoms with E-state index in [9.17, 15) is 0 Å². The van der Waals surface area contributed by atoms with Crippen LogP contribution in [-0.2, 0) is 5.11 Å². The molecule has 1 aromatic heterocycles. The molecule has 0 amide bonds. The molecule has 0 aliphatic carbocycles. The van der Waals surface area contributed by atoms with Gasteiger partial charge in [0.2, 0.25) is 0 Å². The van der Waals surface area contributed by atoms with Crippen LogP contribution in [0.3, 0.4) is 0 Å². The van der Waals surface area contributed by atoms with Crippen molar-refractivity contribution in [2.24, 2.45) is 0 Å². The molecule has 0 spiro atoms. The fourth-order valence-corrected chi connectivity index (χ4v) is 2.43. The Morgan fingerprint density at radius 3 is 1.82 bits per heavy atom. The summed E-state index contributed by atoms with van der Waals surface area (Å²) in [6.45, 7) is 0. The molecule has 0 bridgehead atoms. The fraction of sp³-hybridized carbons (Fsp3) is 0.0556. The van der Waals surface area contributed by atoms with E-state index in [2.05, 4.69) is 4.98 Å². The van der Waals surface area contributed by atoms with Crippen LogP contribution in [0.5, 0.6) is 0 Å². The molecule has 0 N–H and O–H groups in total. The highest BCUT2D eigenvalue weighted by atomic mass is 14.7. The van der Waals surface area contributed by atoms with Crippen molar-refractivity contribution in [2.45, 2.75) is 5.11 Å². The van der Waals surface area contributed by atoms with Crippen LogP contribution in [-0.4, -0.2) is 28.5 Å². The molecule has 2 aromatic carbocycles. The lowest BCUT2D eigenvalue weighted by Gasteiger charge is -2.25. The Morgan fingerprint density at radius 2 is 1.27 bits per heavy atom. The van der Waals surface area contributed by atoms with Gasteiger partial charge in [-0.3, -0.25) is 4.98 Å². The molecule has 0 saturated heterocycles. The first-order chi connectivity index (χ1) is 10.6. The summed E-state index contributed by atoms with van der Waals surface area (Å²) in [4.78, 5) is 4.53. The van der Waals surface area contributed by atoms with Crippen LogP contribution < -0.4 is 0 Å². The summed E-state index contributed by atoms with van der Waals surface area (Å²) < 4.78 is 0. The Bertz CT molecular complexity index is 765. The number of nitrogens with zero attached hydrogens (tertiary/aromatic N) is 1. The van der Waals surface area contributed by atoms with Crippen molar-refractivity contribution >= 4 is 23.5 Å². The number of benzene rings is 2. The van der Waals surface area contributed by atoms with Gasteiger partial charge in [0.05, 0.1) is 29.2 Å². The first kappa shape index (κ1) is 14.7. The molecule has 0 aliphatic heterocycles. The third-order valence-corrected chi connectivity index (χ3v) is 3.52. The number of hydrogen-bond donors (Lipinski definition) is 0. The first-order valence-electron chi connectivity index (χ1n) is 7.04. The van der Waals surface area contributed by atoms with Gasteiger partial charge in [0, 0.05) is 17.3 Å². The Hall–Kier alpha value is -2.22. The van der Waals surface area contributed by atoms with Crippen molar-refractivity contribution in [3.05, 3.63) is 78.5 Å². The summed E-state index contributed by atoms with van der Waals surface area (Å²) in [5, 5.41) is -1.43. The van der Waals surface area contributed by atoms with E-state index in [1.54, 1.807) is 6.20 Å². The molecule has 0 aliphatic rings. The summed E-state index contributed by atoms with van der Waals surface area (Å²) in [6.07, 6.45) is 1.77. The molecule has 4 heteroatoms. The van der Waals surface area contributed by atoms with Gasteiger partial charge in [-0.05, 0) is 11.6 Å². The average molecular weight is 275 g/mol. The van der Waals surface area contributed by atoms with E-state index in [0.717, 1.165) is 22.4 Å². The van der Waals surface area contributed by atoms with E-state index >= 15 is 0 Å². The van der Waals surface area contributed by atoms with Crippen LogP contribution in [0.15, 0.2) is 72.9 Å². The van der Waals surface area contributed by atoms with Crippen LogP contribution in [0.1, 0.15) is 5.56 Å². The second kappa shape index (κ2) is 5.88. The maximum Gasteiger partial charge on any atom is 0.0704 e. The zero-order valence-electron chi connectivity index (χ0n) is 12.1. The Morgan fingerprint density at radius 1 is 0.727 bits per heavy atom. The highest BCUT2D eigenvalue weighted by molar-refractivity contribution is 6.59. The minimum Gasteiger partial charge on any atom is -0.256 e.